The molecule has 0 radical (unpaired) electrons. The van der Waals surface area contributed by atoms with Gasteiger partial charge in [-0.15, -0.1) is 10.2 Å². The second-order valence-electron chi connectivity index (χ2n) is 7.08. The van der Waals surface area contributed by atoms with Crippen LogP contribution in [0, 0.1) is 0 Å². The van der Waals surface area contributed by atoms with Gasteiger partial charge in [0, 0.05) is 12.1 Å². The summed E-state index contributed by atoms with van der Waals surface area (Å²) in [4.78, 5) is 14.8. The van der Waals surface area contributed by atoms with Gasteiger partial charge in [0.15, 0.2) is 5.76 Å². The number of nitrogens with two attached hydrogens (primary N) is 1. The smallest absolute Gasteiger partial charge is 0.233 e. The third-order valence-corrected chi connectivity index (χ3v) is 4.95. The van der Waals surface area contributed by atoms with Crippen LogP contribution in [0.1, 0.15) is 26.3 Å². The Labute approximate surface area is 162 Å². The average Bonchev–Trinajstić information content (AvgIpc) is 3.27. The molecular weight excluding hydrogens is 362 g/mol. The zero-order valence-corrected chi connectivity index (χ0v) is 16.4. The van der Waals surface area contributed by atoms with Gasteiger partial charge in [0.1, 0.15) is 0 Å². The van der Waals surface area contributed by atoms with E-state index in [2.05, 4.69) is 10.2 Å². The minimum absolute atomic E-state index is 0.0129. The van der Waals surface area contributed by atoms with E-state index < -0.39 is 0 Å². The first kappa shape index (κ1) is 19.0. The van der Waals surface area contributed by atoms with Gasteiger partial charge < -0.3 is 15.2 Å². The van der Waals surface area contributed by atoms with Crippen LogP contribution in [-0.2, 0) is 11.3 Å². The molecule has 0 atom stereocenters. The average molecular weight is 385 g/mol. The number of nitrogens with zero attached hydrogens (tertiary/aromatic N) is 4. The number of carbonyl (C=O) groups is 1. The van der Waals surface area contributed by atoms with Crippen LogP contribution in [0.5, 0.6) is 0 Å². The molecule has 8 heteroatoms. The van der Waals surface area contributed by atoms with Crippen LogP contribution in [0.4, 0.5) is 0 Å². The van der Waals surface area contributed by atoms with Crippen LogP contribution in [0.2, 0.25) is 0 Å². The van der Waals surface area contributed by atoms with Crippen LogP contribution in [-0.4, -0.2) is 37.0 Å². The molecule has 3 aromatic rings. The predicted molar refractivity (Wildman–Crippen MR) is 105 cm³/mol. The Balaban J connectivity index is 1.69. The molecule has 0 bridgehead atoms. The molecule has 142 valence electrons. The molecule has 27 heavy (non-hydrogen) atoms. The highest BCUT2D eigenvalue weighted by molar-refractivity contribution is 7.99. The van der Waals surface area contributed by atoms with E-state index in [0.717, 1.165) is 5.56 Å². The van der Waals surface area contributed by atoms with E-state index in [0.29, 0.717) is 23.3 Å². The molecule has 2 aromatic heterocycles. The molecule has 0 unspecified atom stereocenters. The number of thioether (sulfide) groups is 1. The van der Waals surface area contributed by atoms with Gasteiger partial charge in [0.2, 0.25) is 16.9 Å². The molecule has 0 aliphatic carbocycles. The summed E-state index contributed by atoms with van der Waals surface area (Å²) in [6.45, 7) is 6.63. The lowest BCUT2D eigenvalue weighted by Crippen LogP contribution is -2.46. The number of benzene rings is 1. The number of rotatable bonds is 6. The largest absolute Gasteiger partial charge is 0.461 e. The quantitative estimate of drug-likeness (QED) is 0.518. The highest BCUT2D eigenvalue weighted by Gasteiger charge is 2.27. The van der Waals surface area contributed by atoms with Crippen molar-refractivity contribution in [1.82, 2.24) is 19.8 Å². The molecule has 2 heterocycles. The fourth-order valence-corrected chi connectivity index (χ4v) is 3.35. The first-order valence-electron chi connectivity index (χ1n) is 8.58. The van der Waals surface area contributed by atoms with Crippen LogP contribution >= 0.6 is 11.8 Å². The number of nitrogen functional groups attached to an aromatic ring is 1. The van der Waals surface area contributed by atoms with Crippen LogP contribution < -0.4 is 5.84 Å². The second-order valence-corrected chi connectivity index (χ2v) is 8.02. The third-order valence-electron chi connectivity index (χ3n) is 4.03. The van der Waals surface area contributed by atoms with Gasteiger partial charge in [-0.2, -0.15) is 0 Å². The van der Waals surface area contributed by atoms with Crippen LogP contribution in [0.15, 0.2) is 58.3 Å². The summed E-state index contributed by atoms with van der Waals surface area (Å²) in [6, 6.07) is 13.5. The van der Waals surface area contributed by atoms with E-state index in [1.807, 2.05) is 56.0 Å². The Morgan fingerprint density at radius 2 is 1.93 bits per heavy atom. The summed E-state index contributed by atoms with van der Waals surface area (Å²) in [5.74, 6) is 7.24. The molecule has 0 spiro atoms. The van der Waals surface area contributed by atoms with Gasteiger partial charge in [0.05, 0.1) is 12.0 Å². The van der Waals surface area contributed by atoms with Crippen LogP contribution in [0.3, 0.4) is 0 Å². The summed E-state index contributed by atoms with van der Waals surface area (Å²) in [6.07, 6.45) is 1.55. The molecule has 0 saturated carbocycles. The molecular formula is C19H23N5O2S. The van der Waals surface area contributed by atoms with Gasteiger partial charge in [-0.1, -0.05) is 42.1 Å². The lowest BCUT2D eigenvalue weighted by Gasteiger charge is -2.36. The van der Waals surface area contributed by atoms with E-state index in [1.165, 1.54) is 16.4 Å². The molecule has 7 nitrogen and oxygen atoms in total. The standard InChI is InChI=1S/C19H23N5O2S/c1-19(2,3)23(12-14-8-5-4-6-9-14)16(25)13-27-18-22-21-17(24(18)20)15-10-7-11-26-15/h4-11H,12-13,20H2,1-3H3. The first-order valence-corrected chi connectivity index (χ1v) is 9.56. The van der Waals surface area contributed by atoms with Crippen molar-refractivity contribution in [2.24, 2.45) is 0 Å². The molecule has 0 fully saturated rings. The van der Waals surface area contributed by atoms with E-state index in [-0.39, 0.29) is 17.2 Å². The zero-order valence-electron chi connectivity index (χ0n) is 15.6. The van der Waals surface area contributed by atoms with Crippen molar-refractivity contribution in [3.05, 3.63) is 54.3 Å². The Morgan fingerprint density at radius 1 is 1.19 bits per heavy atom. The van der Waals surface area contributed by atoms with Gasteiger partial charge in [0.25, 0.3) is 0 Å². The Hall–Kier alpha value is -2.74. The van der Waals surface area contributed by atoms with Gasteiger partial charge in [-0.05, 0) is 38.5 Å². The topological polar surface area (TPSA) is 90.2 Å². The summed E-state index contributed by atoms with van der Waals surface area (Å²) >= 11 is 1.26. The number of carbonyl (C=O) groups excluding carboxylic acids is 1. The Morgan fingerprint density at radius 3 is 2.56 bits per heavy atom. The van der Waals surface area contributed by atoms with E-state index >= 15 is 0 Å². The van der Waals surface area contributed by atoms with Crippen molar-refractivity contribution in [2.45, 2.75) is 38.0 Å². The van der Waals surface area contributed by atoms with E-state index in [1.54, 1.807) is 18.4 Å². The third kappa shape index (κ3) is 4.51. The summed E-state index contributed by atoms with van der Waals surface area (Å²) in [7, 11) is 0. The molecule has 0 aliphatic heterocycles. The number of hydrogen-bond donors (Lipinski definition) is 1. The minimum atomic E-state index is -0.302. The molecule has 2 N–H and O–H groups in total. The van der Waals surface area contributed by atoms with Gasteiger partial charge in [-0.25, -0.2) is 4.68 Å². The van der Waals surface area contributed by atoms with Crippen molar-refractivity contribution in [1.29, 1.82) is 0 Å². The number of hydrogen-bond acceptors (Lipinski definition) is 6. The molecule has 0 saturated heterocycles. The fourth-order valence-electron chi connectivity index (χ4n) is 2.62. The van der Waals surface area contributed by atoms with Crippen molar-refractivity contribution in [3.63, 3.8) is 0 Å². The van der Waals surface area contributed by atoms with Crippen LogP contribution in [0.25, 0.3) is 11.6 Å². The number of aromatic nitrogens is 3. The van der Waals surface area contributed by atoms with E-state index in [4.69, 9.17) is 10.3 Å². The lowest BCUT2D eigenvalue weighted by molar-refractivity contribution is -0.133. The van der Waals surface area contributed by atoms with Crippen molar-refractivity contribution < 1.29 is 9.21 Å². The lowest BCUT2D eigenvalue weighted by atomic mass is 10.0. The molecule has 3 rings (SSSR count). The molecule has 1 aromatic carbocycles. The fraction of sp³-hybridized carbons (Fsp3) is 0.316. The monoisotopic (exact) mass is 385 g/mol. The van der Waals surface area contributed by atoms with Gasteiger partial charge >= 0.3 is 0 Å². The Kier molecular flexibility index (Phi) is 5.55. The normalized spacial score (nSPS) is 11.5. The van der Waals surface area contributed by atoms with Gasteiger partial charge in [-0.3, -0.25) is 4.79 Å². The first-order chi connectivity index (χ1) is 12.9. The SMILES string of the molecule is CC(C)(C)N(Cc1ccccc1)C(=O)CSc1nnc(-c2ccco2)n1N. The van der Waals surface area contributed by atoms with Crippen molar-refractivity contribution >= 4 is 17.7 Å². The number of furan rings is 1. The summed E-state index contributed by atoms with van der Waals surface area (Å²) < 4.78 is 6.64. The maximum Gasteiger partial charge on any atom is 0.233 e. The maximum atomic E-state index is 12.9. The Bertz CT molecular complexity index is 885. The highest BCUT2D eigenvalue weighted by Crippen LogP contribution is 2.24. The summed E-state index contributed by atoms with van der Waals surface area (Å²) in [5, 5.41) is 8.58. The minimum Gasteiger partial charge on any atom is -0.461 e. The second kappa shape index (κ2) is 7.87. The van der Waals surface area contributed by atoms with Crippen molar-refractivity contribution in [3.8, 4) is 11.6 Å². The van der Waals surface area contributed by atoms with Crippen molar-refractivity contribution in [2.75, 3.05) is 11.6 Å². The summed E-state index contributed by atoms with van der Waals surface area (Å²) in [5.41, 5.74) is 0.788. The van der Waals surface area contributed by atoms with E-state index in [9.17, 15) is 4.79 Å². The highest BCUT2D eigenvalue weighted by atomic mass is 32.2. The molecule has 1 amide bonds. The number of amides is 1. The molecule has 0 aliphatic rings. The predicted octanol–water partition coefficient (Wildman–Crippen LogP) is 3.17. The maximum absolute atomic E-state index is 12.9. The zero-order chi connectivity index (χ0) is 19.4.